The molecule has 0 amide bonds. The lowest BCUT2D eigenvalue weighted by Crippen LogP contribution is -1.85. The fraction of sp³-hybridized carbons (Fsp3) is 0. The van der Waals surface area contributed by atoms with Crippen molar-refractivity contribution in [1.82, 2.24) is 0 Å². The second-order valence-corrected chi connectivity index (χ2v) is 3.95. The molecule has 1 aromatic rings. The molecular weight excluding hydrogens is 220 g/mol. The van der Waals surface area contributed by atoms with E-state index < -0.39 is 9.84 Å². The number of terminal acetylenes is 2. The third-order valence-corrected chi connectivity index (χ3v) is 1.92. The van der Waals surface area contributed by atoms with Crippen LogP contribution < -0.4 is 0 Å². The molecule has 1 aromatic carbocycles. The van der Waals surface area contributed by atoms with Crippen molar-refractivity contribution in [2.45, 2.75) is 0 Å². The zero-order valence-electron chi connectivity index (χ0n) is 7.14. The van der Waals surface area contributed by atoms with E-state index in [4.69, 9.17) is 11.6 Å². The maximum Gasteiger partial charge on any atom is 0.283 e. The van der Waals surface area contributed by atoms with E-state index in [1.807, 2.05) is 30.3 Å². The van der Waals surface area contributed by atoms with Crippen molar-refractivity contribution in [3.8, 4) is 23.4 Å². The van der Waals surface area contributed by atoms with Crippen LogP contribution in [0.25, 0.3) is 0 Å². The average Bonchev–Trinajstić information content (AvgIpc) is 2.20. The van der Waals surface area contributed by atoms with Gasteiger partial charge in [0.1, 0.15) is 0 Å². The lowest BCUT2D eigenvalue weighted by Gasteiger charge is -1.80. The molecule has 4 heteroatoms. The molecule has 2 nitrogen and oxygen atoms in total. The van der Waals surface area contributed by atoms with Crippen LogP contribution in [0.15, 0.2) is 30.3 Å². The predicted octanol–water partition coefficient (Wildman–Crippen LogP) is 1.92. The number of hydrogen-bond acceptors (Lipinski definition) is 2. The maximum atomic E-state index is 9.90. The molecule has 0 atom stereocenters. The van der Waals surface area contributed by atoms with Crippen LogP contribution >= 0.6 is 11.6 Å². The molecule has 0 bridgehead atoms. The second-order valence-electron chi connectivity index (χ2n) is 2.03. The first kappa shape index (κ1) is 12.6. The van der Waals surface area contributed by atoms with Crippen LogP contribution in [0.2, 0.25) is 5.02 Å². The molecule has 0 aliphatic heterocycles. The first-order valence-electron chi connectivity index (χ1n) is 3.42. The molecular formula is C10H7ClO2S. The third kappa shape index (κ3) is 6.14. The van der Waals surface area contributed by atoms with Gasteiger partial charge in [0.15, 0.2) is 0 Å². The van der Waals surface area contributed by atoms with Gasteiger partial charge in [-0.25, -0.2) is 8.42 Å². The highest BCUT2D eigenvalue weighted by Crippen LogP contribution is 2.03. The van der Waals surface area contributed by atoms with Gasteiger partial charge in [-0.2, -0.15) is 0 Å². The summed E-state index contributed by atoms with van der Waals surface area (Å²) in [5.74, 6) is 0. The Hall–Kier alpha value is -1.42. The summed E-state index contributed by atoms with van der Waals surface area (Å²) in [6, 6.07) is 9.44. The summed E-state index contributed by atoms with van der Waals surface area (Å²) in [5.41, 5.74) is 0. The lowest BCUT2D eigenvalue weighted by molar-refractivity contribution is 0.615. The Morgan fingerprint density at radius 1 is 1.07 bits per heavy atom. The van der Waals surface area contributed by atoms with E-state index >= 15 is 0 Å². The topological polar surface area (TPSA) is 34.1 Å². The molecule has 0 spiro atoms. The predicted molar refractivity (Wildman–Crippen MR) is 58.0 cm³/mol. The van der Waals surface area contributed by atoms with Gasteiger partial charge >= 0.3 is 0 Å². The standard InChI is InChI=1S/C6H5Cl.C4H2O2S/c7-6-4-2-1-3-5-6;1-3-7(5,6)4-2/h1-5H;1-2H. The number of benzene rings is 1. The van der Waals surface area contributed by atoms with Gasteiger partial charge in [0, 0.05) is 15.5 Å². The number of halogens is 1. The van der Waals surface area contributed by atoms with Crippen molar-refractivity contribution >= 4 is 21.4 Å². The highest BCUT2D eigenvalue weighted by Gasteiger charge is 1.92. The summed E-state index contributed by atoms with van der Waals surface area (Å²) in [5, 5.41) is 3.65. The monoisotopic (exact) mass is 226 g/mol. The molecule has 14 heavy (non-hydrogen) atoms. The molecule has 0 aliphatic carbocycles. The summed E-state index contributed by atoms with van der Waals surface area (Å²) >= 11 is 5.54. The van der Waals surface area contributed by atoms with Crippen LogP contribution in [0.4, 0.5) is 0 Å². The van der Waals surface area contributed by atoms with Crippen LogP contribution in [-0.4, -0.2) is 8.42 Å². The van der Waals surface area contributed by atoms with Crippen molar-refractivity contribution < 1.29 is 8.42 Å². The molecule has 0 saturated heterocycles. The minimum Gasteiger partial charge on any atom is -0.202 e. The van der Waals surface area contributed by atoms with Crippen LogP contribution in [0, 0.1) is 23.4 Å². The number of rotatable bonds is 0. The molecule has 0 N–H and O–H groups in total. The third-order valence-electron chi connectivity index (χ3n) is 1.04. The van der Waals surface area contributed by atoms with Crippen molar-refractivity contribution in [3.63, 3.8) is 0 Å². The number of sulfone groups is 1. The van der Waals surface area contributed by atoms with Crippen LogP contribution in [0.1, 0.15) is 0 Å². The van der Waals surface area contributed by atoms with Gasteiger partial charge in [-0.05, 0) is 12.1 Å². The fourth-order valence-electron chi connectivity index (χ4n) is 0.449. The van der Waals surface area contributed by atoms with Gasteiger partial charge in [0.2, 0.25) is 0 Å². The first-order chi connectivity index (χ1) is 6.52. The minimum atomic E-state index is -3.60. The molecule has 0 aromatic heterocycles. The first-order valence-corrected chi connectivity index (χ1v) is 5.28. The van der Waals surface area contributed by atoms with Gasteiger partial charge in [0.05, 0.1) is 0 Å². The average molecular weight is 227 g/mol. The van der Waals surface area contributed by atoms with Gasteiger partial charge in [-0.3, -0.25) is 0 Å². The zero-order valence-corrected chi connectivity index (χ0v) is 8.72. The summed E-state index contributed by atoms with van der Waals surface area (Å²) in [7, 11) is -3.60. The lowest BCUT2D eigenvalue weighted by atomic mass is 10.4. The Labute approximate surface area is 88.8 Å². The van der Waals surface area contributed by atoms with E-state index in [0.717, 1.165) is 5.02 Å². The van der Waals surface area contributed by atoms with E-state index in [-0.39, 0.29) is 0 Å². The van der Waals surface area contributed by atoms with Crippen LogP contribution in [0.3, 0.4) is 0 Å². The molecule has 0 fully saturated rings. The van der Waals surface area contributed by atoms with E-state index in [1.54, 1.807) is 0 Å². The van der Waals surface area contributed by atoms with Crippen molar-refractivity contribution in [2.75, 3.05) is 0 Å². The van der Waals surface area contributed by atoms with E-state index in [0.29, 0.717) is 0 Å². The smallest absolute Gasteiger partial charge is 0.202 e. The minimum absolute atomic E-state index is 0.794. The Morgan fingerprint density at radius 2 is 1.50 bits per heavy atom. The van der Waals surface area contributed by atoms with E-state index in [9.17, 15) is 8.42 Å². The molecule has 1 rings (SSSR count). The van der Waals surface area contributed by atoms with Gasteiger partial charge in [0.25, 0.3) is 9.84 Å². The molecule has 0 saturated carbocycles. The Balaban J connectivity index is 0.000000241. The normalized spacial score (nSPS) is 8.79. The van der Waals surface area contributed by atoms with Crippen molar-refractivity contribution in [2.24, 2.45) is 0 Å². The molecule has 0 unspecified atom stereocenters. The highest BCUT2D eigenvalue weighted by atomic mass is 35.5. The SMILES string of the molecule is C#CS(=O)(=O)C#C.Clc1ccccc1. The quantitative estimate of drug-likeness (QED) is 0.500. The Kier molecular flexibility index (Phi) is 5.48. The second kappa shape index (κ2) is 6.10. The summed E-state index contributed by atoms with van der Waals surface area (Å²) < 4.78 is 19.8. The maximum absolute atomic E-state index is 9.90. The molecule has 0 heterocycles. The number of hydrogen-bond donors (Lipinski definition) is 0. The molecule has 0 aliphatic rings. The van der Waals surface area contributed by atoms with Gasteiger partial charge < -0.3 is 0 Å². The van der Waals surface area contributed by atoms with Gasteiger partial charge in [-0.15, -0.1) is 12.8 Å². The summed E-state index contributed by atoms with van der Waals surface area (Å²) in [4.78, 5) is 0. The van der Waals surface area contributed by atoms with E-state index in [2.05, 4.69) is 12.8 Å². The fourth-order valence-corrected chi connectivity index (χ4v) is 0.662. The zero-order chi connectivity index (χ0) is 11.0. The summed E-state index contributed by atoms with van der Waals surface area (Å²) in [6.45, 7) is 0. The summed E-state index contributed by atoms with van der Waals surface area (Å²) in [6.07, 6.45) is 8.87. The highest BCUT2D eigenvalue weighted by molar-refractivity contribution is 8.00. The molecule has 72 valence electrons. The largest absolute Gasteiger partial charge is 0.283 e. The van der Waals surface area contributed by atoms with Crippen LogP contribution in [-0.2, 0) is 9.84 Å². The van der Waals surface area contributed by atoms with Crippen molar-refractivity contribution in [1.29, 1.82) is 0 Å². The van der Waals surface area contributed by atoms with Crippen molar-refractivity contribution in [3.05, 3.63) is 35.4 Å². The Bertz CT molecular complexity index is 429. The molecule has 0 radical (unpaired) electrons. The van der Waals surface area contributed by atoms with Gasteiger partial charge in [-0.1, -0.05) is 29.8 Å². The van der Waals surface area contributed by atoms with E-state index in [1.165, 1.54) is 10.5 Å². The van der Waals surface area contributed by atoms with Crippen LogP contribution in [0.5, 0.6) is 0 Å². The Morgan fingerprint density at radius 3 is 1.64 bits per heavy atom.